The zero-order valence-electron chi connectivity index (χ0n) is 7.37. The third-order valence-corrected chi connectivity index (χ3v) is 1.52. The van der Waals surface area contributed by atoms with Gasteiger partial charge in [0.25, 0.3) is 0 Å². The van der Waals surface area contributed by atoms with Crippen LogP contribution in [0.2, 0.25) is 0 Å². The Balaban J connectivity index is 2.79. The molecule has 1 aromatic heterocycles. The lowest BCUT2D eigenvalue weighted by Gasteiger charge is -1.94. The Hall–Kier alpha value is -2.13. The summed E-state index contributed by atoms with van der Waals surface area (Å²) in [6, 6.07) is 3.36. The molecule has 0 bridgehead atoms. The molecule has 5 heteroatoms. The first-order valence-corrected chi connectivity index (χ1v) is 3.96. The first-order valence-electron chi connectivity index (χ1n) is 3.96. The van der Waals surface area contributed by atoms with Crippen LogP contribution in [0.15, 0.2) is 29.5 Å². The highest BCUT2D eigenvalue weighted by atomic mass is 16.1. The van der Waals surface area contributed by atoms with Crippen molar-refractivity contribution in [3.63, 3.8) is 0 Å². The van der Waals surface area contributed by atoms with E-state index in [9.17, 15) is 4.79 Å². The highest BCUT2D eigenvalue weighted by Gasteiger charge is 1.95. The van der Waals surface area contributed by atoms with Crippen LogP contribution >= 0.6 is 0 Å². The van der Waals surface area contributed by atoms with Crippen molar-refractivity contribution in [3.05, 3.63) is 46.1 Å². The average molecular weight is 188 g/mol. The number of pyridine rings is 1. The summed E-state index contributed by atoms with van der Waals surface area (Å²) in [6.07, 6.45) is 5.63. The van der Waals surface area contributed by atoms with E-state index in [1.165, 1.54) is 0 Å². The molecule has 0 saturated heterocycles. The molecular formula is C9H8N4O. The van der Waals surface area contributed by atoms with Crippen LogP contribution in [0.1, 0.15) is 16.1 Å². The second-order valence-electron chi connectivity index (χ2n) is 2.41. The van der Waals surface area contributed by atoms with Gasteiger partial charge in [0.05, 0.1) is 5.69 Å². The smallest absolute Gasteiger partial charge is 0.152 e. The molecule has 0 amide bonds. The predicted octanol–water partition coefficient (Wildman–Crippen LogP) is 2.22. The molecule has 0 saturated carbocycles. The summed E-state index contributed by atoms with van der Waals surface area (Å²) >= 11 is 0. The van der Waals surface area contributed by atoms with Crippen molar-refractivity contribution in [2.45, 2.75) is 0 Å². The number of nitrogens with zero attached hydrogens (tertiary/aromatic N) is 4. The highest BCUT2D eigenvalue weighted by Crippen LogP contribution is 2.03. The molecule has 0 unspecified atom stereocenters. The summed E-state index contributed by atoms with van der Waals surface area (Å²) in [5, 5.41) is 3.32. The molecule has 14 heavy (non-hydrogen) atoms. The van der Waals surface area contributed by atoms with E-state index >= 15 is 0 Å². The van der Waals surface area contributed by atoms with Crippen LogP contribution in [0.4, 0.5) is 0 Å². The van der Waals surface area contributed by atoms with Gasteiger partial charge in [-0.2, -0.15) is 0 Å². The lowest BCUT2D eigenvalue weighted by molar-refractivity contribution is 0.112. The van der Waals surface area contributed by atoms with Gasteiger partial charge in [-0.25, -0.2) is 0 Å². The number of aldehydes is 1. The second-order valence-corrected chi connectivity index (χ2v) is 2.41. The third kappa shape index (κ3) is 2.73. The molecule has 1 rings (SSSR count). The molecule has 0 atom stereocenters. The first-order chi connectivity index (χ1) is 6.88. The summed E-state index contributed by atoms with van der Waals surface area (Å²) in [4.78, 5) is 17.1. The number of rotatable bonds is 4. The number of hydrogen-bond donors (Lipinski definition) is 0. The standard InChI is InChI=1S/C9H8N4O/c10-13-12-6-2-4-9-8(7-14)3-1-5-11-9/h1-5,7H,6H2. The second kappa shape index (κ2) is 5.50. The van der Waals surface area contributed by atoms with Crippen molar-refractivity contribution in [1.29, 1.82) is 0 Å². The minimum absolute atomic E-state index is 0.255. The van der Waals surface area contributed by atoms with Crippen molar-refractivity contribution in [3.8, 4) is 0 Å². The fraction of sp³-hybridized carbons (Fsp3) is 0.111. The maximum atomic E-state index is 10.6. The van der Waals surface area contributed by atoms with Gasteiger partial charge >= 0.3 is 0 Å². The molecule has 0 spiro atoms. The topological polar surface area (TPSA) is 78.7 Å². The largest absolute Gasteiger partial charge is 0.298 e. The van der Waals surface area contributed by atoms with Gasteiger partial charge in [0.1, 0.15) is 0 Å². The summed E-state index contributed by atoms with van der Waals surface area (Å²) in [5.74, 6) is 0. The van der Waals surface area contributed by atoms with Crippen LogP contribution in [0.5, 0.6) is 0 Å². The number of hydrogen-bond acceptors (Lipinski definition) is 3. The molecule has 70 valence electrons. The molecule has 0 N–H and O–H groups in total. The number of carbonyl (C=O) groups is 1. The number of carbonyl (C=O) groups excluding carboxylic acids is 1. The maximum absolute atomic E-state index is 10.6. The quantitative estimate of drug-likeness (QED) is 0.314. The zero-order valence-corrected chi connectivity index (χ0v) is 7.37. The van der Waals surface area contributed by atoms with E-state index in [1.807, 2.05) is 0 Å². The molecule has 1 heterocycles. The highest BCUT2D eigenvalue weighted by molar-refractivity contribution is 5.80. The van der Waals surface area contributed by atoms with Crippen molar-refractivity contribution in [1.82, 2.24) is 4.98 Å². The summed E-state index contributed by atoms with van der Waals surface area (Å²) in [5.41, 5.74) is 9.11. The van der Waals surface area contributed by atoms with Crippen LogP contribution < -0.4 is 0 Å². The summed E-state index contributed by atoms with van der Waals surface area (Å²) in [6.45, 7) is 0.255. The Kier molecular flexibility index (Phi) is 3.91. The van der Waals surface area contributed by atoms with Crippen LogP contribution in [-0.2, 0) is 0 Å². The van der Waals surface area contributed by atoms with Crippen LogP contribution in [0, 0.1) is 0 Å². The number of aromatic nitrogens is 1. The van der Waals surface area contributed by atoms with E-state index in [2.05, 4.69) is 15.0 Å². The molecule has 5 nitrogen and oxygen atoms in total. The lowest BCUT2D eigenvalue weighted by atomic mass is 10.2. The van der Waals surface area contributed by atoms with Crippen LogP contribution in [-0.4, -0.2) is 17.8 Å². The molecule has 0 aliphatic carbocycles. The van der Waals surface area contributed by atoms with E-state index in [4.69, 9.17) is 5.53 Å². The molecule has 0 fully saturated rings. The van der Waals surface area contributed by atoms with Gasteiger partial charge in [-0.05, 0) is 23.7 Å². The van der Waals surface area contributed by atoms with Crippen molar-refractivity contribution in [2.75, 3.05) is 6.54 Å². The Morgan fingerprint density at radius 1 is 1.64 bits per heavy atom. The van der Waals surface area contributed by atoms with Gasteiger partial charge in [0.15, 0.2) is 6.29 Å². The molecule has 0 radical (unpaired) electrons. The van der Waals surface area contributed by atoms with Crippen LogP contribution in [0.25, 0.3) is 16.5 Å². The van der Waals surface area contributed by atoms with E-state index < -0.39 is 0 Å². The Labute approximate surface area is 80.7 Å². The van der Waals surface area contributed by atoms with E-state index in [0.717, 1.165) is 6.29 Å². The molecular weight excluding hydrogens is 180 g/mol. The lowest BCUT2D eigenvalue weighted by Crippen LogP contribution is -1.88. The van der Waals surface area contributed by atoms with Crippen molar-refractivity contribution >= 4 is 12.4 Å². The van der Waals surface area contributed by atoms with Crippen molar-refractivity contribution in [2.24, 2.45) is 5.11 Å². The van der Waals surface area contributed by atoms with Gasteiger partial charge in [0.2, 0.25) is 0 Å². The summed E-state index contributed by atoms with van der Waals surface area (Å²) < 4.78 is 0. The maximum Gasteiger partial charge on any atom is 0.152 e. The molecule has 0 aromatic carbocycles. The number of azide groups is 1. The monoisotopic (exact) mass is 188 g/mol. The Morgan fingerprint density at radius 2 is 2.50 bits per heavy atom. The van der Waals surface area contributed by atoms with Crippen LogP contribution in [0.3, 0.4) is 0 Å². The van der Waals surface area contributed by atoms with E-state index in [-0.39, 0.29) is 6.54 Å². The Morgan fingerprint density at radius 3 is 3.21 bits per heavy atom. The predicted molar refractivity (Wildman–Crippen MR) is 52.7 cm³/mol. The SMILES string of the molecule is [N-]=[N+]=NCC=Cc1ncccc1C=O. The van der Waals surface area contributed by atoms with Gasteiger partial charge in [-0.15, -0.1) is 0 Å². The summed E-state index contributed by atoms with van der Waals surface area (Å²) in [7, 11) is 0. The normalized spacial score (nSPS) is 9.71. The third-order valence-electron chi connectivity index (χ3n) is 1.52. The molecule has 0 aliphatic heterocycles. The Bertz CT molecular complexity index is 394. The van der Waals surface area contributed by atoms with Gasteiger partial charge in [0, 0.05) is 23.2 Å². The first kappa shape index (κ1) is 9.95. The zero-order chi connectivity index (χ0) is 10.2. The average Bonchev–Trinajstić information content (AvgIpc) is 2.25. The van der Waals surface area contributed by atoms with Gasteiger partial charge in [-0.3, -0.25) is 9.78 Å². The van der Waals surface area contributed by atoms with Gasteiger partial charge in [-0.1, -0.05) is 11.2 Å². The van der Waals surface area contributed by atoms with Gasteiger partial charge < -0.3 is 0 Å². The van der Waals surface area contributed by atoms with Crippen molar-refractivity contribution < 1.29 is 4.79 Å². The van der Waals surface area contributed by atoms with E-state index in [1.54, 1.807) is 30.5 Å². The molecule has 1 aromatic rings. The minimum atomic E-state index is 0.255. The molecule has 0 aliphatic rings. The minimum Gasteiger partial charge on any atom is -0.298 e. The fourth-order valence-corrected chi connectivity index (χ4v) is 0.917. The van der Waals surface area contributed by atoms with E-state index in [0.29, 0.717) is 11.3 Å². The fourth-order valence-electron chi connectivity index (χ4n) is 0.917.